The molecule has 9 heteroatoms. The normalized spacial score (nSPS) is 11.0. The van der Waals surface area contributed by atoms with Crippen molar-refractivity contribution in [2.45, 2.75) is 40.8 Å². The largest absolute Gasteiger partial charge is 0.493 e. The molecule has 0 saturated carbocycles. The van der Waals surface area contributed by atoms with Crippen LogP contribution in [0.15, 0.2) is 42.5 Å². The Morgan fingerprint density at radius 1 is 0.833 bits per heavy atom. The van der Waals surface area contributed by atoms with Gasteiger partial charge in [0.15, 0.2) is 11.5 Å². The van der Waals surface area contributed by atoms with Crippen LogP contribution in [0.5, 0.6) is 11.5 Å². The molecule has 1 amide bonds. The lowest BCUT2D eigenvalue weighted by Gasteiger charge is -2.11. The Kier molecular flexibility index (Phi) is 7.35. The summed E-state index contributed by atoms with van der Waals surface area (Å²) in [4.78, 5) is 13.0. The van der Waals surface area contributed by atoms with E-state index in [2.05, 4.69) is 15.5 Å². The number of benzene rings is 2. The van der Waals surface area contributed by atoms with E-state index in [0.717, 1.165) is 33.9 Å². The van der Waals surface area contributed by atoms with Gasteiger partial charge in [0.05, 0.1) is 60.8 Å². The molecule has 8 nitrogen and oxygen atoms in total. The molecule has 0 saturated heterocycles. The van der Waals surface area contributed by atoms with Crippen LogP contribution in [0.3, 0.4) is 0 Å². The molecule has 1 N–H and O–H groups in total. The van der Waals surface area contributed by atoms with Gasteiger partial charge in [0.25, 0.3) is 5.91 Å². The maximum absolute atomic E-state index is 13.0. The van der Waals surface area contributed by atoms with E-state index in [0.29, 0.717) is 40.9 Å². The second-order valence-corrected chi connectivity index (χ2v) is 9.06. The van der Waals surface area contributed by atoms with Gasteiger partial charge in [-0.2, -0.15) is 10.2 Å². The van der Waals surface area contributed by atoms with Crippen LogP contribution in [0.25, 0.3) is 0 Å². The second-order valence-electron chi connectivity index (χ2n) is 8.69. The molecule has 0 aliphatic rings. The Labute approximate surface area is 215 Å². The molecule has 2 aromatic carbocycles. The van der Waals surface area contributed by atoms with Crippen LogP contribution >= 0.6 is 11.6 Å². The van der Waals surface area contributed by atoms with Gasteiger partial charge in [-0.15, -0.1) is 0 Å². The first-order chi connectivity index (χ1) is 17.2. The van der Waals surface area contributed by atoms with E-state index < -0.39 is 0 Å². The zero-order valence-corrected chi connectivity index (χ0v) is 22.1. The van der Waals surface area contributed by atoms with Crippen LogP contribution in [-0.2, 0) is 13.1 Å². The highest BCUT2D eigenvalue weighted by Gasteiger charge is 2.17. The van der Waals surface area contributed by atoms with E-state index in [1.54, 1.807) is 14.2 Å². The summed E-state index contributed by atoms with van der Waals surface area (Å²) in [7, 11) is 3.22. The summed E-state index contributed by atoms with van der Waals surface area (Å²) in [5, 5.41) is 12.8. The van der Waals surface area contributed by atoms with Crippen molar-refractivity contribution in [3.8, 4) is 11.5 Å². The smallest absolute Gasteiger partial charge is 0.255 e. The Morgan fingerprint density at radius 3 is 2.03 bits per heavy atom. The Morgan fingerprint density at radius 2 is 1.42 bits per heavy atom. The summed E-state index contributed by atoms with van der Waals surface area (Å²) >= 11 is 6.25. The number of halogens is 1. The van der Waals surface area contributed by atoms with Crippen molar-refractivity contribution in [1.82, 2.24) is 19.6 Å². The highest BCUT2D eigenvalue weighted by molar-refractivity contribution is 6.31. The summed E-state index contributed by atoms with van der Waals surface area (Å²) in [5.74, 6) is 1.15. The molecule has 188 valence electrons. The molecular weight excluding hydrogens is 478 g/mol. The van der Waals surface area contributed by atoms with Crippen LogP contribution in [-0.4, -0.2) is 39.7 Å². The topological polar surface area (TPSA) is 83.2 Å². The lowest BCUT2D eigenvalue weighted by molar-refractivity contribution is 0.102. The SMILES string of the molecule is COc1ccc(Cn2nc(C)c(NC(=O)c3ccc(Cn4nc(C)c(Cl)c4C)cc3)c2C)cc1OC. The van der Waals surface area contributed by atoms with Crippen molar-refractivity contribution in [1.29, 1.82) is 0 Å². The lowest BCUT2D eigenvalue weighted by atomic mass is 10.1. The summed E-state index contributed by atoms with van der Waals surface area (Å²) in [6, 6.07) is 13.3. The number of hydrogen-bond acceptors (Lipinski definition) is 5. The summed E-state index contributed by atoms with van der Waals surface area (Å²) < 4.78 is 14.5. The van der Waals surface area contributed by atoms with Crippen LogP contribution in [0.2, 0.25) is 5.02 Å². The number of methoxy groups -OCH3 is 2. The van der Waals surface area contributed by atoms with E-state index >= 15 is 0 Å². The zero-order valence-electron chi connectivity index (χ0n) is 21.3. The van der Waals surface area contributed by atoms with Gasteiger partial charge in [-0.3, -0.25) is 14.2 Å². The Bertz CT molecular complexity index is 1410. The molecule has 2 aromatic heterocycles. The molecule has 36 heavy (non-hydrogen) atoms. The van der Waals surface area contributed by atoms with E-state index in [1.165, 1.54) is 0 Å². The van der Waals surface area contributed by atoms with E-state index in [9.17, 15) is 4.79 Å². The summed E-state index contributed by atoms with van der Waals surface area (Å²) in [6.45, 7) is 8.78. The van der Waals surface area contributed by atoms with Crippen LogP contribution < -0.4 is 14.8 Å². The van der Waals surface area contributed by atoms with Crippen molar-refractivity contribution in [2.75, 3.05) is 19.5 Å². The third-order valence-corrected chi connectivity index (χ3v) is 6.79. The molecule has 0 fully saturated rings. The molecule has 0 radical (unpaired) electrons. The predicted molar refractivity (Wildman–Crippen MR) is 141 cm³/mol. The number of ether oxygens (including phenoxy) is 2. The Balaban J connectivity index is 1.47. The Hall–Kier alpha value is -3.78. The first-order valence-electron chi connectivity index (χ1n) is 11.6. The third-order valence-electron chi connectivity index (χ3n) is 6.24. The van der Waals surface area contributed by atoms with Gasteiger partial charge < -0.3 is 14.8 Å². The number of carbonyl (C=O) groups is 1. The van der Waals surface area contributed by atoms with Crippen molar-refractivity contribution >= 4 is 23.2 Å². The van der Waals surface area contributed by atoms with E-state index in [1.807, 2.05) is 79.5 Å². The third kappa shape index (κ3) is 5.09. The predicted octanol–water partition coefficient (Wildman–Crippen LogP) is 5.33. The van der Waals surface area contributed by atoms with Crippen LogP contribution in [0, 0.1) is 27.7 Å². The van der Waals surface area contributed by atoms with Gasteiger partial charge in [-0.05, 0) is 63.1 Å². The van der Waals surface area contributed by atoms with Crippen LogP contribution in [0.4, 0.5) is 5.69 Å². The minimum atomic E-state index is -0.187. The molecular formula is C27H30ClN5O3. The van der Waals surface area contributed by atoms with Crippen LogP contribution in [0.1, 0.15) is 44.3 Å². The summed E-state index contributed by atoms with van der Waals surface area (Å²) in [5.41, 5.74) is 6.67. The molecule has 0 aliphatic heterocycles. The van der Waals surface area contributed by atoms with Crippen molar-refractivity contribution in [3.05, 3.63) is 87.0 Å². The molecule has 0 atom stereocenters. The number of aryl methyl sites for hydroxylation is 2. The standard InChI is InChI=1S/C27H30ClN5O3/c1-16-25(28)18(3)32(30-16)14-20-7-10-22(11-8-20)27(34)29-26-17(2)31-33(19(26)4)15-21-9-12-23(35-5)24(13-21)36-6/h7-13H,14-15H2,1-6H3,(H,29,34). The quantitative estimate of drug-likeness (QED) is 0.348. The number of amides is 1. The average molecular weight is 508 g/mol. The molecule has 0 spiro atoms. The molecule has 0 bridgehead atoms. The number of nitrogens with one attached hydrogen (secondary N) is 1. The number of hydrogen-bond donors (Lipinski definition) is 1. The van der Waals surface area contributed by atoms with Gasteiger partial charge in [0.1, 0.15) is 0 Å². The molecule has 4 rings (SSSR count). The lowest BCUT2D eigenvalue weighted by Crippen LogP contribution is -2.13. The minimum Gasteiger partial charge on any atom is -0.493 e. The van der Waals surface area contributed by atoms with Gasteiger partial charge in [0, 0.05) is 5.56 Å². The maximum atomic E-state index is 13.0. The fourth-order valence-corrected chi connectivity index (χ4v) is 4.27. The molecule has 0 aliphatic carbocycles. The molecule has 0 unspecified atom stereocenters. The van der Waals surface area contributed by atoms with Crippen molar-refractivity contribution in [2.24, 2.45) is 0 Å². The van der Waals surface area contributed by atoms with Gasteiger partial charge in [-0.1, -0.05) is 29.8 Å². The highest BCUT2D eigenvalue weighted by Crippen LogP contribution is 2.29. The molecule has 4 aromatic rings. The fourth-order valence-electron chi connectivity index (χ4n) is 4.13. The van der Waals surface area contributed by atoms with E-state index in [-0.39, 0.29) is 5.91 Å². The fraction of sp³-hybridized carbons (Fsp3) is 0.296. The van der Waals surface area contributed by atoms with Gasteiger partial charge in [-0.25, -0.2) is 0 Å². The number of carbonyl (C=O) groups excluding carboxylic acids is 1. The summed E-state index contributed by atoms with van der Waals surface area (Å²) in [6.07, 6.45) is 0. The average Bonchev–Trinajstić information content (AvgIpc) is 3.27. The van der Waals surface area contributed by atoms with Gasteiger partial charge >= 0.3 is 0 Å². The minimum absolute atomic E-state index is 0.187. The first kappa shape index (κ1) is 25.3. The van der Waals surface area contributed by atoms with Crippen molar-refractivity contribution < 1.29 is 14.3 Å². The van der Waals surface area contributed by atoms with Crippen molar-refractivity contribution in [3.63, 3.8) is 0 Å². The molecule has 2 heterocycles. The number of nitrogens with zero attached hydrogens (tertiary/aromatic N) is 4. The number of anilines is 1. The highest BCUT2D eigenvalue weighted by atomic mass is 35.5. The van der Waals surface area contributed by atoms with E-state index in [4.69, 9.17) is 21.1 Å². The van der Waals surface area contributed by atoms with Gasteiger partial charge in [0.2, 0.25) is 0 Å². The number of rotatable bonds is 8. The maximum Gasteiger partial charge on any atom is 0.255 e. The first-order valence-corrected chi connectivity index (χ1v) is 11.9. The second kappa shape index (κ2) is 10.5. The monoisotopic (exact) mass is 507 g/mol. The number of aromatic nitrogens is 4. The zero-order chi connectivity index (χ0) is 26.0.